The third-order valence-electron chi connectivity index (χ3n) is 3.01. The highest BCUT2D eigenvalue weighted by Gasteiger charge is 2.17. The molecule has 1 heterocycles. The summed E-state index contributed by atoms with van der Waals surface area (Å²) in [4.78, 5) is 1.10. The largest absolute Gasteiger partial charge is 0.435 e. The van der Waals surface area contributed by atoms with Crippen molar-refractivity contribution in [3.8, 4) is 5.75 Å². The topological polar surface area (TPSA) is 21.3 Å². The average molecular weight is 332 g/mol. The van der Waals surface area contributed by atoms with Crippen LogP contribution in [0.4, 0.5) is 8.78 Å². The predicted molar refractivity (Wildman–Crippen MR) is 82.7 cm³/mol. The summed E-state index contributed by atoms with van der Waals surface area (Å²) in [6.45, 7) is 1.96. The lowest BCUT2D eigenvalue weighted by Gasteiger charge is -2.17. The Morgan fingerprint density at radius 3 is 2.43 bits per heavy atom. The number of halogens is 3. The second kappa shape index (κ2) is 7.20. The van der Waals surface area contributed by atoms with Crippen molar-refractivity contribution in [2.24, 2.45) is 0 Å². The van der Waals surface area contributed by atoms with Crippen molar-refractivity contribution in [1.82, 2.24) is 5.32 Å². The fourth-order valence-electron chi connectivity index (χ4n) is 2.05. The number of rotatable bonds is 6. The van der Waals surface area contributed by atoms with Gasteiger partial charge in [-0.05, 0) is 42.8 Å². The van der Waals surface area contributed by atoms with E-state index >= 15 is 0 Å². The van der Waals surface area contributed by atoms with Crippen molar-refractivity contribution >= 4 is 22.9 Å². The first kappa shape index (κ1) is 16.2. The van der Waals surface area contributed by atoms with Crippen molar-refractivity contribution in [2.75, 3.05) is 6.54 Å². The molecule has 0 aliphatic rings. The zero-order valence-corrected chi connectivity index (χ0v) is 13.3. The highest BCUT2D eigenvalue weighted by atomic mass is 35.5. The maximum Gasteiger partial charge on any atom is 0.387 e. The van der Waals surface area contributed by atoms with Gasteiger partial charge in [-0.1, -0.05) is 30.7 Å². The minimum atomic E-state index is -2.81. The maximum atomic E-state index is 12.2. The number of benzene rings is 1. The van der Waals surface area contributed by atoms with Gasteiger partial charge in [0.1, 0.15) is 5.75 Å². The number of hydrogen-bond acceptors (Lipinski definition) is 3. The summed E-state index contributed by atoms with van der Waals surface area (Å²) in [5, 5.41) is 3.38. The molecule has 114 valence electrons. The van der Waals surface area contributed by atoms with Crippen LogP contribution in [0.3, 0.4) is 0 Å². The van der Waals surface area contributed by atoms with Gasteiger partial charge in [-0.3, -0.25) is 0 Å². The summed E-state index contributed by atoms with van der Waals surface area (Å²) in [7, 11) is 0. The van der Waals surface area contributed by atoms with Crippen molar-refractivity contribution in [1.29, 1.82) is 0 Å². The average Bonchev–Trinajstić information content (AvgIpc) is 2.76. The molecule has 0 saturated heterocycles. The standard InChI is InChI=1S/C15H16ClF2NOS/c1-3-19-13(12-8-9(2)14(16)21-12)10-4-6-11(7-5-10)20-15(17)18/h4-8,13,15,19H,3H2,1-2H3. The number of thiophene rings is 1. The summed E-state index contributed by atoms with van der Waals surface area (Å²) in [5.41, 5.74) is 2.02. The van der Waals surface area contributed by atoms with Crippen LogP contribution in [0, 0.1) is 6.92 Å². The fourth-order valence-corrected chi connectivity index (χ4v) is 3.38. The van der Waals surface area contributed by atoms with Gasteiger partial charge in [0, 0.05) is 4.88 Å². The molecule has 21 heavy (non-hydrogen) atoms. The van der Waals surface area contributed by atoms with E-state index < -0.39 is 6.61 Å². The Labute approximate surface area is 131 Å². The molecular formula is C15H16ClF2NOS. The number of aryl methyl sites for hydroxylation is 1. The molecule has 0 aliphatic heterocycles. The van der Waals surface area contributed by atoms with E-state index in [2.05, 4.69) is 10.1 Å². The van der Waals surface area contributed by atoms with Crippen molar-refractivity contribution < 1.29 is 13.5 Å². The van der Waals surface area contributed by atoms with Crippen LogP contribution in [0.1, 0.15) is 29.0 Å². The van der Waals surface area contributed by atoms with Crippen LogP contribution in [0.25, 0.3) is 0 Å². The Bertz CT molecular complexity index is 566. The zero-order valence-electron chi connectivity index (χ0n) is 11.7. The summed E-state index contributed by atoms with van der Waals surface area (Å²) >= 11 is 7.65. The molecule has 2 rings (SSSR count). The quantitative estimate of drug-likeness (QED) is 0.803. The van der Waals surface area contributed by atoms with Gasteiger partial charge in [0.05, 0.1) is 10.4 Å². The number of nitrogens with one attached hydrogen (secondary N) is 1. The molecule has 1 N–H and O–H groups in total. The zero-order chi connectivity index (χ0) is 15.4. The lowest BCUT2D eigenvalue weighted by molar-refractivity contribution is -0.0498. The van der Waals surface area contributed by atoms with E-state index in [-0.39, 0.29) is 11.8 Å². The molecule has 2 aromatic rings. The van der Waals surface area contributed by atoms with E-state index in [9.17, 15) is 8.78 Å². The van der Waals surface area contributed by atoms with E-state index in [4.69, 9.17) is 11.6 Å². The summed E-state index contributed by atoms with van der Waals surface area (Å²) in [6, 6.07) is 8.71. The fraction of sp³-hybridized carbons (Fsp3) is 0.333. The van der Waals surface area contributed by atoms with Crippen molar-refractivity contribution in [3.05, 3.63) is 50.7 Å². The number of ether oxygens (including phenoxy) is 1. The van der Waals surface area contributed by atoms with Gasteiger partial charge in [-0.15, -0.1) is 11.3 Å². The molecule has 0 amide bonds. The SMILES string of the molecule is CCNC(c1ccc(OC(F)F)cc1)c1cc(C)c(Cl)s1. The van der Waals surface area contributed by atoms with Crippen LogP contribution in [0.2, 0.25) is 4.34 Å². The van der Waals surface area contributed by atoms with E-state index in [0.29, 0.717) is 0 Å². The van der Waals surface area contributed by atoms with E-state index in [1.165, 1.54) is 11.3 Å². The van der Waals surface area contributed by atoms with E-state index in [0.717, 1.165) is 26.9 Å². The molecule has 0 bridgehead atoms. The normalized spacial score (nSPS) is 12.7. The van der Waals surface area contributed by atoms with Gasteiger partial charge in [0.15, 0.2) is 0 Å². The van der Waals surface area contributed by atoms with E-state index in [1.54, 1.807) is 24.3 Å². The molecule has 0 spiro atoms. The third-order valence-corrected chi connectivity index (χ3v) is 4.63. The number of alkyl halides is 2. The van der Waals surface area contributed by atoms with Gasteiger partial charge < -0.3 is 10.1 Å². The first-order valence-electron chi connectivity index (χ1n) is 6.55. The molecular weight excluding hydrogens is 316 g/mol. The van der Waals surface area contributed by atoms with Crippen LogP contribution in [-0.4, -0.2) is 13.2 Å². The summed E-state index contributed by atoms with van der Waals surface area (Å²) < 4.78 is 29.5. The molecule has 0 fully saturated rings. The highest BCUT2D eigenvalue weighted by Crippen LogP contribution is 2.34. The van der Waals surface area contributed by atoms with Crippen LogP contribution in [-0.2, 0) is 0 Å². The van der Waals surface area contributed by atoms with Gasteiger partial charge in [-0.2, -0.15) is 8.78 Å². The maximum absolute atomic E-state index is 12.2. The molecule has 6 heteroatoms. The first-order valence-corrected chi connectivity index (χ1v) is 7.74. The Kier molecular flexibility index (Phi) is 5.56. The second-order valence-corrected chi connectivity index (χ2v) is 6.23. The Morgan fingerprint density at radius 1 is 1.29 bits per heavy atom. The minimum Gasteiger partial charge on any atom is -0.435 e. The van der Waals surface area contributed by atoms with Gasteiger partial charge in [-0.25, -0.2) is 0 Å². The summed E-state index contributed by atoms with van der Waals surface area (Å²) in [5.74, 6) is 0.157. The Morgan fingerprint density at radius 2 is 1.95 bits per heavy atom. The highest BCUT2D eigenvalue weighted by molar-refractivity contribution is 7.16. The molecule has 1 unspecified atom stereocenters. The van der Waals surface area contributed by atoms with Crippen LogP contribution >= 0.6 is 22.9 Å². The molecule has 0 radical (unpaired) electrons. The summed E-state index contributed by atoms with van der Waals surface area (Å²) in [6.07, 6.45) is 0. The van der Waals surface area contributed by atoms with Gasteiger partial charge in [0.25, 0.3) is 0 Å². The van der Waals surface area contributed by atoms with Crippen LogP contribution in [0.5, 0.6) is 5.75 Å². The van der Waals surface area contributed by atoms with Crippen molar-refractivity contribution in [2.45, 2.75) is 26.5 Å². The molecule has 2 nitrogen and oxygen atoms in total. The smallest absolute Gasteiger partial charge is 0.387 e. The second-order valence-electron chi connectivity index (χ2n) is 4.54. The first-order chi connectivity index (χ1) is 10.0. The van der Waals surface area contributed by atoms with Crippen LogP contribution in [0.15, 0.2) is 30.3 Å². The lowest BCUT2D eigenvalue weighted by Crippen LogP contribution is -2.21. The third kappa shape index (κ3) is 4.15. The van der Waals surface area contributed by atoms with Gasteiger partial charge >= 0.3 is 6.61 Å². The lowest BCUT2D eigenvalue weighted by atomic mass is 10.0. The minimum absolute atomic E-state index is 0.00759. The molecule has 0 saturated carbocycles. The van der Waals surface area contributed by atoms with Gasteiger partial charge in [0.2, 0.25) is 0 Å². The van der Waals surface area contributed by atoms with E-state index in [1.807, 2.05) is 19.9 Å². The molecule has 1 atom stereocenters. The Hall–Kier alpha value is -1.17. The molecule has 0 aliphatic carbocycles. The monoisotopic (exact) mass is 331 g/mol. The number of hydrogen-bond donors (Lipinski definition) is 1. The van der Waals surface area contributed by atoms with Crippen LogP contribution < -0.4 is 10.1 Å². The molecule has 1 aromatic carbocycles. The molecule has 1 aromatic heterocycles. The van der Waals surface area contributed by atoms with Crippen molar-refractivity contribution in [3.63, 3.8) is 0 Å². The Balaban J connectivity index is 2.25. The predicted octanol–water partition coefficient (Wildman–Crippen LogP) is 5.01.